The minimum Gasteiger partial charge on any atom is -0.367 e. The quantitative estimate of drug-likeness (QED) is 0.649. The Bertz CT molecular complexity index is 1080. The molecule has 4 rings (SSSR count). The van der Waals surface area contributed by atoms with Gasteiger partial charge in [0.2, 0.25) is 0 Å². The van der Waals surface area contributed by atoms with Crippen LogP contribution in [0.15, 0.2) is 77.7 Å². The Morgan fingerprint density at radius 2 is 1.71 bits per heavy atom. The molecule has 6 heteroatoms. The topological polar surface area (TPSA) is 46.6 Å². The number of hydrogen-bond donors (Lipinski definition) is 0. The second-order valence-corrected chi connectivity index (χ2v) is 8.69. The molecule has 4 nitrogen and oxygen atoms in total. The van der Waals surface area contributed by atoms with E-state index in [-0.39, 0.29) is 18.0 Å². The highest BCUT2D eigenvalue weighted by molar-refractivity contribution is 7.92. The Balaban J connectivity index is 1.83. The number of fused-ring (bicyclic) bond motifs is 1. The number of anilines is 1. The fraction of sp³-hybridized carbons (Fsp3) is 0.182. The van der Waals surface area contributed by atoms with Crippen LogP contribution in [-0.2, 0) is 21.4 Å². The first-order valence-corrected chi connectivity index (χ1v) is 10.4. The minimum absolute atomic E-state index is 0.0661. The molecule has 0 spiro atoms. The van der Waals surface area contributed by atoms with E-state index in [9.17, 15) is 12.8 Å². The predicted molar refractivity (Wildman–Crippen MR) is 106 cm³/mol. The highest BCUT2D eigenvalue weighted by Gasteiger charge is 2.33. The molecule has 1 atom stereocenters. The molecule has 28 heavy (non-hydrogen) atoms. The second kappa shape index (κ2) is 7.37. The van der Waals surface area contributed by atoms with Gasteiger partial charge in [0.05, 0.1) is 23.7 Å². The third kappa shape index (κ3) is 3.53. The van der Waals surface area contributed by atoms with Gasteiger partial charge < -0.3 is 4.74 Å². The van der Waals surface area contributed by atoms with Crippen LogP contribution < -0.4 is 4.31 Å². The van der Waals surface area contributed by atoms with Gasteiger partial charge >= 0.3 is 0 Å². The van der Waals surface area contributed by atoms with E-state index in [0.29, 0.717) is 11.3 Å². The molecule has 0 radical (unpaired) electrons. The van der Waals surface area contributed by atoms with Crippen molar-refractivity contribution in [3.05, 3.63) is 95.3 Å². The number of sulfonamides is 1. The van der Waals surface area contributed by atoms with Crippen LogP contribution in [0.1, 0.15) is 22.8 Å². The lowest BCUT2D eigenvalue weighted by atomic mass is 10.1. The Kier molecular flexibility index (Phi) is 4.91. The molecule has 1 aliphatic heterocycles. The van der Waals surface area contributed by atoms with Crippen LogP contribution in [0.5, 0.6) is 0 Å². The van der Waals surface area contributed by atoms with Gasteiger partial charge in [0.15, 0.2) is 0 Å². The maximum absolute atomic E-state index is 14.0. The molecule has 0 saturated carbocycles. The van der Waals surface area contributed by atoms with E-state index in [1.807, 2.05) is 37.3 Å². The highest BCUT2D eigenvalue weighted by atomic mass is 32.2. The standard InChI is InChI=1S/C22H20FNO3S/c1-16-7-11-20(12-8-16)28(25,26)24-14-22(17-5-3-2-4-6-17)27-15-18-9-10-19(23)13-21(18)24/h2-13,22H,14-15H2,1H3. The lowest BCUT2D eigenvalue weighted by molar-refractivity contribution is 0.0508. The molecule has 0 aromatic heterocycles. The van der Waals surface area contributed by atoms with Crippen molar-refractivity contribution in [1.82, 2.24) is 0 Å². The average Bonchev–Trinajstić information content (AvgIpc) is 2.89. The zero-order valence-corrected chi connectivity index (χ0v) is 16.2. The third-order valence-corrected chi connectivity index (χ3v) is 6.66. The fourth-order valence-electron chi connectivity index (χ4n) is 3.32. The van der Waals surface area contributed by atoms with Crippen LogP contribution in [0.2, 0.25) is 0 Å². The van der Waals surface area contributed by atoms with E-state index in [0.717, 1.165) is 11.1 Å². The lowest BCUT2D eigenvalue weighted by Crippen LogP contribution is -2.34. The van der Waals surface area contributed by atoms with Gasteiger partial charge in [-0.1, -0.05) is 54.1 Å². The van der Waals surface area contributed by atoms with E-state index in [2.05, 4.69) is 0 Å². The molecule has 0 amide bonds. The van der Waals surface area contributed by atoms with Crippen LogP contribution in [0.25, 0.3) is 0 Å². The average molecular weight is 397 g/mol. The summed E-state index contributed by atoms with van der Waals surface area (Å²) in [4.78, 5) is 0.169. The molecule has 3 aromatic rings. The number of aryl methyl sites for hydroxylation is 1. The Labute approximate surface area is 164 Å². The van der Waals surface area contributed by atoms with E-state index in [4.69, 9.17) is 4.74 Å². The van der Waals surface area contributed by atoms with Gasteiger partial charge in [-0.2, -0.15) is 0 Å². The summed E-state index contributed by atoms with van der Waals surface area (Å²) in [6, 6.07) is 20.3. The maximum atomic E-state index is 14.0. The van der Waals surface area contributed by atoms with Crippen LogP contribution >= 0.6 is 0 Å². The number of halogens is 1. The molecule has 0 fully saturated rings. The van der Waals surface area contributed by atoms with Gasteiger partial charge in [-0.3, -0.25) is 4.31 Å². The monoisotopic (exact) mass is 397 g/mol. The van der Waals surface area contributed by atoms with Crippen LogP contribution in [-0.4, -0.2) is 15.0 Å². The molecule has 1 heterocycles. The first-order valence-electron chi connectivity index (χ1n) is 8.99. The SMILES string of the molecule is Cc1ccc(S(=O)(=O)N2CC(c3ccccc3)OCc3ccc(F)cc32)cc1. The molecule has 3 aromatic carbocycles. The zero-order valence-electron chi connectivity index (χ0n) is 15.4. The van der Waals surface area contributed by atoms with Crippen molar-refractivity contribution in [2.45, 2.75) is 24.5 Å². The van der Waals surface area contributed by atoms with Gasteiger partial charge in [0, 0.05) is 5.56 Å². The smallest absolute Gasteiger partial charge is 0.264 e. The molecule has 144 valence electrons. The van der Waals surface area contributed by atoms with Crippen molar-refractivity contribution < 1.29 is 17.5 Å². The summed E-state index contributed by atoms with van der Waals surface area (Å²) in [6.07, 6.45) is -0.461. The van der Waals surface area contributed by atoms with Gasteiger partial charge in [0.25, 0.3) is 10.0 Å². The van der Waals surface area contributed by atoms with E-state index >= 15 is 0 Å². The van der Waals surface area contributed by atoms with Crippen molar-refractivity contribution in [2.75, 3.05) is 10.8 Å². The lowest BCUT2D eigenvalue weighted by Gasteiger charge is -2.27. The van der Waals surface area contributed by atoms with Crippen molar-refractivity contribution in [3.8, 4) is 0 Å². The Morgan fingerprint density at radius 3 is 2.43 bits per heavy atom. The van der Waals surface area contributed by atoms with E-state index < -0.39 is 21.9 Å². The second-order valence-electron chi connectivity index (χ2n) is 6.83. The first kappa shape index (κ1) is 18.7. The van der Waals surface area contributed by atoms with Crippen molar-refractivity contribution in [1.29, 1.82) is 0 Å². The summed E-state index contributed by atoms with van der Waals surface area (Å²) in [7, 11) is -3.89. The van der Waals surface area contributed by atoms with Crippen molar-refractivity contribution in [2.24, 2.45) is 0 Å². The zero-order chi connectivity index (χ0) is 19.7. The van der Waals surface area contributed by atoms with Gasteiger partial charge in [-0.05, 0) is 36.8 Å². The fourth-order valence-corrected chi connectivity index (χ4v) is 4.81. The molecular weight excluding hydrogens is 377 g/mol. The molecule has 1 unspecified atom stereocenters. The van der Waals surface area contributed by atoms with Crippen LogP contribution in [0.3, 0.4) is 0 Å². The molecule has 1 aliphatic rings. The summed E-state index contributed by atoms with van der Waals surface area (Å²) < 4.78 is 48.2. The van der Waals surface area contributed by atoms with Gasteiger partial charge in [-0.25, -0.2) is 12.8 Å². The summed E-state index contributed by atoms with van der Waals surface area (Å²) in [5.41, 5.74) is 2.79. The summed E-state index contributed by atoms with van der Waals surface area (Å²) in [5, 5.41) is 0. The van der Waals surface area contributed by atoms with Crippen molar-refractivity contribution >= 4 is 15.7 Å². The predicted octanol–water partition coefficient (Wildman–Crippen LogP) is 4.60. The number of hydrogen-bond acceptors (Lipinski definition) is 3. The number of rotatable bonds is 3. The third-order valence-electron chi connectivity index (χ3n) is 4.87. The van der Waals surface area contributed by atoms with Gasteiger partial charge in [0.1, 0.15) is 11.9 Å². The van der Waals surface area contributed by atoms with Crippen LogP contribution in [0.4, 0.5) is 10.1 Å². The van der Waals surface area contributed by atoms with Crippen molar-refractivity contribution in [3.63, 3.8) is 0 Å². The normalized spacial score (nSPS) is 17.1. The maximum Gasteiger partial charge on any atom is 0.264 e. The molecule has 0 aliphatic carbocycles. The molecule has 0 saturated heterocycles. The summed E-state index contributed by atoms with van der Waals surface area (Å²) in [6.45, 7) is 2.16. The minimum atomic E-state index is -3.89. The van der Waals surface area contributed by atoms with Gasteiger partial charge in [-0.15, -0.1) is 0 Å². The largest absolute Gasteiger partial charge is 0.367 e. The number of ether oxygens (including phenoxy) is 1. The summed E-state index contributed by atoms with van der Waals surface area (Å²) in [5.74, 6) is -0.485. The summed E-state index contributed by atoms with van der Waals surface area (Å²) >= 11 is 0. The highest BCUT2D eigenvalue weighted by Crippen LogP contribution is 2.35. The molecule has 0 bridgehead atoms. The van der Waals surface area contributed by atoms with Crippen LogP contribution in [0, 0.1) is 12.7 Å². The van der Waals surface area contributed by atoms with E-state index in [1.165, 1.54) is 16.4 Å². The Hall–Kier alpha value is -2.70. The Morgan fingerprint density at radius 1 is 1.00 bits per heavy atom. The molecule has 0 N–H and O–H groups in total. The first-order chi connectivity index (χ1) is 13.4. The number of benzene rings is 3. The molecular formula is C22H20FNO3S. The van der Waals surface area contributed by atoms with E-state index in [1.54, 1.807) is 30.3 Å². The number of nitrogens with zero attached hydrogens (tertiary/aromatic N) is 1.